The molecule has 0 aromatic heterocycles. The SMILES string of the molecule is NC(N)=NCCC[C@H](N)C(=O)N[C@@H](CO)C(=O)NCC(=O)N[C@@H](Cc1ccc(O)cc1)C(=O)O. The van der Waals surface area contributed by atoms with E-state index in [1.807, 2.05) is 0 Å². The molecule has 0 unspecified atom stereocenters. The van der Waals surface area contributed by atoms with E-state index in [-0.39, 0.29) is 31.1 Å². The minimum atomic E-state index is -1.36. The van der Waals surface area contributed by atoms with E-state index >= 15 is 0 Å². The molecular weight excluding hydrogens is 450 g/mol. The van der Waals surface area contributed by atoms with E-state index in [2.05, 4.69) is 20.9 Å². The number of phenolic OH excluding ortho intramolecular Hbond substituents is 1. The number of guanidine groups is 1. The number of rotatable bonds is 14. The average Bonchev–Trinajstić information content (AvgIpc) is 2.79. The molecule has 0 saturated heterocycles. The number of carbonyl (C=O) groups is 4. The number of carbonyl (C=O) groups excluding carboxylic acids is 3. The van der Waals surface area contributed by atoms with Crippen molar-refractivity contribution in [3.8, 4) is 5.75 Å². The third-order valence-corrected chi connectivity index (χ3v) is 4.55. The first-order chi connectivity index (χ1) is 16.0. The van der Waals surface area contributed by atoms with Gasteiger partial charge in [0, 0.05) is 13.0 Å². The zero-order valence-electron chi connectivity index (χ0n) is 18.4. The minimum absolute atomic E-state index is 0.0137. The topological polar surface area (TPSA) is 255 Å². The number of aliphatic hydroxyl groups is 1. The summed E-state index contributed by atoms with van der Waals surface area (Å²) in [4.78, 5) is 51.7. The molecule has 1 aromatic rings. The van der Waals surface area contributed by atoms with Gasteiger partial charge in [0.1, 0.15) is 17.8 Å². The van der Waals surface area contributed by atoms with Crippen LogP contribution in [0.2, 0.25) is 0 Å². The molecule has 0 aliphatic rings. The van der Waals surface area contributed by atoms with E-state index in [0.29, 0.717) is 12.0 Å². The van der Waals surface area contributed by atoms with Crippen molar-refractivity contribution in [3.63, 3.8) is 0 Å². The fourth-order valence-corrected chi connectivity index (χ4v) is 2.73. The molecule has 188 valence electrons. The van der Waals surface area contributed by atoms with Crippen molar-refractivity contribution in [2.45, 2.75) is 37.4 Å². The predicted molar refractivity (Wildman–Crippen MR) is 121 cm³/mol. The van der Waals surface area contributed by atoms with Crippen LogP contribution in [-0.2, 0) is 25.6 Å². The van der Waals surface area contributed by atoms with Crippen LogP contribution in [0.25, 0.3) is 0 Å². The summed E-state index contributed by atoms with van der Waals surface area (Å²) in [6, 6.07) is 2.18. The molecule has 0 saturated carbocycles. The summed E-state index contributed by atoms with van der Waals surface area (Å²) >= 11 is 0. The maximum atomic E-state index is 12.2. The molecule has 12 N–H and O–H groups in total. The number of hydrogen-bond donors (Lipinski definition) is 9. The van der Waals surface area contributed by atoms with Gasteiger partial charge in [-0.25, -0.2) is 4.79 Å². The van der Waals surface area contributed by atoms with E-state index < -0.39 is 55.0 Å². The molecule has 14 nitrogen and oxygen atoms in total. The van der Waals surface area contributed by atoms with Gasteiger partial charge in [0.05, 0.1) is 19.2 Å². The maximum Gasteiger partial charge on any atom is 0.326 e. The van der Waals surface area contributed by atoms with Gasteiger partial charge in [-0.15, -0.1) is 0 Å². The molecule has 14 heteroatoms. The molecule has 1 rings (SSSR count). The first-order valence-electron chi connectivity index (χ1n) is 10.3. The number of amides is 3. The van der Waals surface area contributed by atoms with Crippen molar-refractivity contribution in [1.29, 1.82) is 0 Å². The Bertz CT molecular complexity index is 873. The van der Waals surface area contributed by atoms with Crippen LogP contribution in [-0.4, -0.2) is 82.8 Å². The first-order valence-corrected chi connectivity index (χ1v) is 10.3. The van der Waals surface area contributed by atoms with Crippen molar-refractivity contribution in [2.75, 3.05) is 19.7 Å². The molecule has 34 heavy (non-hydrogen) atoms. The Morgan fingerprint density at radius 2 is 1.65 bits per heavy atom. The van der Waals surface area contributed by atoms with Crippen LogP contribution in [0.3, 0.4) is 0 Å². The third kappa shape index (κ3) is 10.6. The summed E-state index contributed by atoms with van der Waals surface area (Å²) in [6.07, 6.45) is 0.589. The second-order valence-corrected chi connectivity index (χ2v) is 7.35. The van der Waals surface area contributed by atoms with Crippen LogP contribution < -0.4 is 33.2 Å². The number of phenols is 1. The Balaban J connectivity index is 2.52. The quantitative estimate of drug-likeness (QED) is 0.0718. The summed E-state index contributed by atoms with van der Waals surface area (Å²) in [6.45, 7) is -1.07. The Morgan fingerprint density at radius 3 is 2.21 bits per heavy atom. The van der Waals surface area contributed by atoms with Crippen molar-refractivity contribution >= 4 is 29.7 Å². The summed E-state index contributed by atoms with van der Waals surface area (Å²) in [5.41, 5.74) is 16.7. The van der Waals surface area contributed by atoms with Gasteiger partial charge in [0.25, 0.3) is 0 Å². The van der Waals surface area contributed by atoms with E-state index in [9.17, 15) is 34.5 Å². The molecule has 0 spiro atoms. The lowest BCUT2D eigenvalue weighted by Crippen LogP contribution is -2.55. The van der Waals surface area contributed by atoms with Crippen LogP contribution in [0.4, 0.5) is 0 Å². The molecule has 0 fully saturated rings. The number of hydrogen-bond acceptors (Lipinski definition) is 8. The number of nitrogens with zero attached hydrogens (tertiary/aromatic N) is 1. The van der Waals surface area contributed by atoms with Crippen molar-refractivity contribution < 1.29 is 34.5 Å². The van der Waals surface area contributed by atoms with Gasteiger partial charge < -0.3 is 48.5 Å². The van der Waals surface area contributed by atoms with Crippen LogP contribution in [0.15, 0.2) is 29.3 Å². The van der Waals surface area contributed by atoms with Crippen LogP contribution in [0.5, 0.6) is 5.75 Å². The average molecular weight is 482 g/mol. The number of nitrogens with two attached hydrogens (primary N) is 3. The van der Waals surface area contributed by atoms with Gasteiger partial charge in [-0.2, -0.15) is 0 Å². The Morgan fingerprint density at radius 1 is 1.00 bits per heavy atom. The van der Waals surface area contributed by atoms with Crippen molar-refractivity contribution in [3.05, 3.63) is 29.8 Å². The van der Waals surface area contributed by atoms with Gasteiger partial charge in [-0.3, -0.25) is 19.4 Å². The molecule has 0 radical (unpaired) electrons. The molecule has 1 aromatic carbocycles. The minimum Gasteiger partial charge on any atom is -0.508 e. The van der Waals surface area contributed by atoms with Crippen LogP contribution in [0.1, 0.15) is 18.4 Å². The fourth-order valence-electron chi connectivity index (χ4n) is 2.73. The van der Waals surface area contributed by atoms with E-state index in [4.69, 9.17) is 17.2 Å². The molecule has 3 amide bonds. The normalized spacial score (nSPS) is 13.1. The number of carboxylic acid groups (broad SMARTS) is 1. The highest BCUT2D eigenvalue weighted by molar-refractivity contribution is 5.92. The molecular formula is C20H31N7O7. The summed E-state index contributed by atoms with van der Waals surface area (Å²) < 4.78 is 0. The molecule has 0 aliphatic heterocycles. The number of carboxylic acids is 1. The standard InChI is InChI=1S/C20H31N7O7/c21-13(2-1-7-24-20(22)23)17(31)27-15(10-28)18(32)25-9-16(30)26-14(19(33)34)8-11-3-5-12(29)6-4-11/h3-6,13-15,28-29H,1-2,7-10,21H2,(H,25,32)(H,26,30)(H,27,31)(H,33,34)(H4,22,23,24)/t13-,14-,15-/m0/s1. The number of aliphatic carboxylic acids is 1. The molecule has 0 heterocycles. The van der Waals surface area contributed by atoms with E-state index in [1.165, 1.54) is 24.3 Å². The monoisotopic (exact) mass is 481 g/mol. The van der Waals surface area contributed by atoms with E-state index in [1.54, 1.807) is 0 Å². The number of aliphatic hydroxyl groups excluding tert-OH is 1. The van der Waals surface area contributed by atoms with E-state index in [0.717, 1.165) is 0 Å². The summed E-state index contributed by atoms with van der Waals surface area (Å²) in [5, 5.41) is 34.8. The summed E-state index contributed by atoms with van der Waals surface area (Å²) in [7, 11) is 0. The lowest BCUT2D eigenvalue weighted by atomic mass is 10.1. The van der Waals surface area contributed by atoms with Gasteiger partial charge in [0.15, 0.2) is 5.96 Å². The highest BCUT2D eigenvalue weighted by Gasteiger charge is 2.25. The van der Waals surface area contributed by atoms with Crippen molar-refractivity contribution in [1.82, 2.24) is 16.0 Å². The lowest BCUT2D eigenvalue weighted by Gasteiger charge is -2.19. The van der Waals surface area contributed by atoms with Gasteiger partial charge in [-0.1, -0.05) is 12.1 Å². The smallest absolute Gasteiger partial charge is 0.326 e. The highest BCUT2D eigenvalue weighted by atomic mass is 16.4. The zero-order chi connectivity index (χ0) is 25.7. The fraction of sp³-hybridized carbons (Fsp3) is 0.450. The molecule has 0 aliphatic carbocycles. The third-order valence-electron chi connectivity index (χ3n) is 4.55. The second-order valence-electron chi connectivity index (χ2n) is 7.35. The zero-order valence-corrected chi connectivity index (χ0v) is 18.4. The first kappa shape index (κ1) is 28.1. The largest absolute Gasteiger partial charge is 0.508 e. The Labute approximate surface area is 195 Å². The van der Waals surface area contributed by atoms with Gasteiger partial charge >= 0.3 is 5.97 Å². The number of aliphatic imine (C=N–C) groups is 1. The number of nitrogens with one attached hydrogen (secondary N) is 3. The van der Waals surface area contributed by atoms with Crippen molar-refractivity contribution in [2.24, 2.45) is 22.2 Å². The predicted octanol–water partition coefficient (Wildman–Crippen LogP) is -3.52. The van der Waals surface area contributed by atoms with Crippen LogP contribution >= 0.6 is 0 Å². The van der Waals surface area contributed by atoms with Crippen LogP contribution in [0, 0.1) is 0 Å². The number of benzene rings is 1. The Hall–Kier alpha value is -3.91. The summed E-state index contributed by atoms with van der Waals surface area (Å²) in [5.74, 6) is -3.71. The maximum absolute atomic E-state index is 12.2. The Kier molecular flexibility index (Phi) is 11.8. The lowest BCUT2D eigenvalue weighted by molar-refractivity contribution is -0.141. The number of aromatic hydroxyl groups is 1. The molecule has 0 bridgehead atoms. The molecule has 3 atom stereocenters. The van der Waals surface area contributed by atoms with Gasteiger partial charge in [-0.05, 0) is 30.5 Å². The second kappa shape index (κ2) is 14.3. The van der Waals surface area contributed by atoms with Gasteiger partial charge in [0.2, 0.25) is 17.7 Å². The highest BCUT2D eigenvalue weighted by Crippen LogP contribution is 2.11.